The molecule has 0 unspecified atom stereocenters. The lowest BCUT2D eigenvalue weighted by atomic mass is 10.0. The van der Waals surface area contributed by atoms with E-state index < -0.39 is 11.9 Å². The molecule has 21 heavy (non-hydrogen) atoms. The van der Waals surface area contributed by atoms with Gasteiger partial charge in [0.15, 0.2) is 0 Å². The Labute approximate surface area is 121 Å². The van der Waals surface area contributed by atoms with Gasteiger partial charge in [0.2, 0.25) is 0 Å². The standard InChI is InChI=1S/C16H16O5/c1-2-3-6-21-16(20)12-8-11-7-10(15(18)19)4-5-13(11)14(17)9-12/h4-5,7-9,17H,2-3,6H2,1H3,(H,18,19). The number of benzene rings is 2. The number of phenols is 1. The summed E-state index contributed by atoms with van der Waals surface area (Å²) < 4.78 is 5.08. The molecule has 0 spiro atoms. The second-order valence-electron chi connectivity index (χ2n) is 4.73. The van der Waals surface area contributed by atoms with Gasteiger partial charge in [0.05, 0.1) is 17.7 Å². The molecule has 0 amide bonds. The number of carbonyl (C=O) groups is 2. The van der Waals surface area contributed by atoms with Crippen molar-refractivity contribution in [3.8, 4) is 5.75 Å². The number of rotatable bonds is 5. The van der Waals surface area contributed by atoms with E-state index in [0.717, 1.165) is 12.8 Å². The Hall–Kier alpha value is -2.56. The SMILES string of the molecule is CCCCOC(=O)c1cc(O)c2ccc(C(=O)O)cc2c1. The van der Waals surface area contributed by atoms with Crippen molar-refractivity contribution in [3.63, 3.8) is 0 Å². The van der Waals surface area contributed by atoms with Crippen LogP contribution in [0.1, 0.15) is 40.5 Å². The lowest BCUT2D eigenvalue weighted by Crippen LogP contribution is -2.06. The minimum Gasteiger partial charge on any atom is -0.507 e. The first-order valence-electron chi connectivity index (χ1n) is 6.70. The number of ether oxygens (including phenoxy) is 1. The summed E-state index contributed by atoms with van der Waals surface area (Å²) >= 11 is 0. The van der Waals surface area contributed by atoms with Gasteiger partial charge in [-0.25, -0.2) is 9.59 Å². The molecule has 5 heteroatoms. The molecule has 2 N–H and O–H groups in total. The summed E-state index contributed by atoms with van der Waals surface area (Å²) in [7, 11) is 0. The predicted octanol–water partition coefficient (Wildman–Crippen LogP) is 3.20. The lowest BCUT2D eigenvalue weighted by molar-refractivity contribution is 0.0499. The first-order chi connectivity index (χ1) is 10.0. The van der Waals surface area contributed by atoms with Gasteiger partial charge in [-0.3, -0.25) is 0 Å². The maximum Gasteiger partial charge on any atom is 0.338 e. The van der Waals surface area contributed by atoms with Crippen LogP contribution in [0.4, 0.5) is 0 Å². The van der Waals surface area contributed by atoms with Gasteiger partial charge in [-0.1, -0.05) is 13.3 Å². The van der Waals surface area contributed by atoms with Crippen molar-refractivity contribution < 1.29 is 24.5 Å². The van der Waals surface area contributed by atoms with Gasteiger partial charge in [0.1, 0.15) is 5.75 Å². The Morgan fingerprint density at radius 2 is 1.86 bits per heavy atom. The number of aromatic hydroxyl groups is 1. The average Bonchev–Trinajstić information content (AvgIpc) is 2.46. The van der Waals surface area contributed by atoms with E-state index in [1.54, 1.807) is 0 Å². The zero-order valence-corrected chi connectivity index (χ0v) is 11.6. The summed E-state index contributed by atoms with van der Waals surface area (Å²) in [5, 5.41) is 19.9. The van der Waals surface area contributed by atoms with Crippen LogP contribution in [-0.2, 0) is 4.74 Å². The molecule has 0 aliphatic heterocycles. The van der Waals surface area contributed by atoms with E-state index >= 15 is 0 Å². The highest BCUT2D eigenvalue weighted by Gasteiger charge is 2.12. The molecule has 0 atom stereocenters. The normalized spacial score (nSPS) is 10.5. The van der Waals surface area contributed by atoms with Crippen LogP contribution in [0, 0.1) is 0 Å². The van der Waals surface area contributed by atoms with Gasteiger partial charge in [0.25, 0.3) is 0 Å². The highest BCUT2D eigenvalue weighted by Crippen LogP contribution is 2.28. The van der Waals surface area contributed by atoms with Gasteiger partial charge in [-0.05, 0) is 42.1 Å². The van der Waals surface area contributed by atoms with Crippen molar-refractivity contribution in [3.05, 3.63) is 41.5 Å². The minimum absolute atomic E-state index is 0.0770. The number of hydrogen-bond acceptors (Lipinski definition) is 4. The van der Waals surface area contributed by atoms with Gasteiger partial charge in [-0.15, -0.1) is 0 Å². The van der Waals surface area contributed by atoms with Crippen molar-refractivity contribution >= 4 is 22.7 Å². The van der Waals surface area contributed by atoms with Crippen LogP contribution in [0.5, 0.6) is 5.75 Å². The summed E-state index contributed by atoms with van der Waals surface area (Å²) in [4.78, 5) is 22.9. The molecular weight excluding hydrogens is 272 g/mol. The number of carboxylic acid groups (broad SMARTS) is 1. The molecule has 0 fully saturated rings. The smallest absolute Gasteiger partial charge is 0.338 e. The predicted molar refractivity (Wildman–Crippen MR) is 77.8 cm³/mol. The Morgan fingerprint density at radius 1 is 1.14 bits per heavy atom. The number of hydrogen-bond donors (Lipinski definition) is 2. The monoisotopic (exact) mass is 288 g/mol. The quantitative estimate of drug-likeness (QED) is 0.652. The fourth-order valence-electron chi connectivity index (χ4n) is 1.99. The highest BCUT2D eigenvalue weighted by atomic mass is 16.5. The zero-order chi connectivity index (χ0) is 15.4. The molecular formula is C16H16O5. The Kier molecular flexibility index (Phi) is 4.42. The van der Waals surface area contributed by atoms with Crippen LogP contribution in [-0.4, -0.2) is 28.8 Å². The van der Waals surface area contributed by atoms with Crippen LogP contribution in [0.3, 0.4) is 0 Å². The maximum atomic E-state index is 11.9. The fourth-order valence-corrected chi connectivity index (χ4v) is 1.99. The number of phenolic OH excluding ortho intramolecular Hbond substituents is 1. The van der Waals surface area contributed by atoms with E-state index in [2.05, 4.69) is 0 Å². The molecule has 0 radical (unpaired) electrons. The zero-order valence-electron chi connectivity index (χ0n) is 11.6. The molecule has 0 saturated carbocycles. The van der Waals surface area contributed by atoms with E-state index in [0.29, 0.717) is 17.4 Å². The number of carboxylic acids is 1. The molecule has 0 heterocycles. The molecule has 2 aromatic rings. The fraction of sp³-hybridized carbons (Fsp3) is 0.250. The Bertz CT molecular complexity index is 690. The molecule has 2 aromatic carbocycles. The van der Waals surface area contributed by atoms with E-state index in [1.807, 2.05) is 6.92 Å². The average molecular weight is 288 g/mol. The van der Waals surface area contributed by atoms with Crippen LogP contribution in [0.2, 0.25) is 0 Å². The van der Waals surface area contributed by atoms with E-state index in [4.69, 9.17) is 9.84 Å². The Morgan fingerprint density at radius 3 is 2.52 bits per heavy atom. The number of carbonyl (C=O) groups excluding carboxylic acids is 1. The van der Waals surface area contributed by atoms with Crippen molar-refractivity contribution in [1.82, 2.24) is 0 Å². The van der Waals surface area contributed by atoms with E-state index in [1.165, 1.54) is 30.3 Å². The number of unbranched alkanes of at least 4 members (excludes halogenated alkanes) is 1. The molecule has 0 saturated heterocycles. The molecule has 5 nitrogen and oxygen atoms in total. The highest BCUT2D eigenvalue weighted by molar-refractivity contribution is 6.01. The number of aromatic carboxylic acids is 1. The second kappa shape index (κ2) is 6.26. The first kappa shape index (κ1) is 14.8. The van der Waals surface area contributed by atoms with Gasteiger partial charge in [-0.2, -0.15) is 0 Å². The van der Waals surface area contributed by atoms with Crippen molar-refractivity contribution in [1.29, 1.82) is 0 Å². The molecule has 0 aromatic heterocycles. The van der Waals surface area contributed by atoms with Crippen LogP contribution < -0.4 is 0 Å². The minimum atomic E-state index is -1.06. The van der Waals surface area contributed by atoms with Gasteiger partial charge in [0, 0.05) is 5.39 Å². The lowest BCUT2D eigenvalue weighted by Gasteiger charge is -2.07. The number of fused-ring (bicyclic) bond motifs is 1. The summed E-state index contributed by atoms with van der Waals surface area (Å²) in [5.74, 6) is -1.67. The third-order valence-corrected chi connectivity index (χ3v) is 3.14. The number of esters is 1. The first-order valence-corrected chi connectivity index (χ1v) is 6.70. The van der Waals surface area contributed by atoms with Gasteiger partial charge >= 0.3 is 11.9 Å². The summed E-state index contributed by atoms with van der Waals surface area (Å²) in [6.07, 6.45) is 1.69. The molecule has 0 aliphatic rings. The third-order valence-electron chi connectivity index (χ3n) is 3.14. The van der Waals surface area contributed by atoms with Crippen LogP contribution in [0.25, 0.3) is 10.8 Å². The van der Waals surface area contributed by atoms with Crippen molar-refractivity contribution in [2.24, 2.45) is 0 Å². The summed E-state index contributed by atoms with van der Waals surface area (Å²) in [6, 6.07) is 7.19. The molecule has 0 bridgehead atoms. The molecule has 110 valence electrons. The molecule has 0 aliphatic carbocycles. The third kappa shape index (κ3) is 3.31. The van der Waals surface area contributed by atoms with Crippen LogP contribution >= 0.6 is 0 Å². The van der Waals surface area contributed by atoms with Gasteiger partial charge < -0.3 is 14.9 Å². The summed E-state index contributed by atoms with van der Waals surface area (Å²) in [5.41, 5.74) is 0.303. The van der Waals surface area contributed by atoms with Crippen molar-refractivity contribution in [2.45, 2.75) is 19.8 Å². The van der Waals surface area contributed by atoms with E-state index in [9.17, 15) is 14.7 Å². The maximum absolute atomic E-state index is 11.9. The van der Waals surface area contributed by atoms with Crippen LogP contribution in [0.15, 0.2) is 30.3 Å². The Balaban J connectivity index is 2.37. The summed E-state index contributed by atoms with van der Waals surface area (Å²) in [6.45, 7) is 2.31. The van der Waals surface area contributed by atoms with E-state index in [-0.39, 0.29) is 16.9 Å². The second-order valence-corrected chi connectivity index (χ2v) is 4.73. The van der Waals surface area contributed by atoms with Crippen molar-refractivity contribution in [2.75, 3.05) is 6.61 Å². The molecule has 2 rings (SSSR count). The largest absolute Gasteiger partial charge is 0.507 e. The topological polar surface area (TPSA) is 83.8 Å².